The predicted molar refractivity (Wildman–Crippen MR) is 164 cm³/mol. The summed E-state index contributed by atoms with van der Waals surface area (Å²) in [5.74, 6) is 1.03. The lowest BCUT2D eigenvalue weighted by molar-refractivity contribution is 0.305. The van der Waals surface area contributed by atoms with Gasteiger partial charge >= 0.3 is 0 Å². The van der Waals surface area contributed by atoms with Crippen LogP contribution in [-0.4, -0.2) is 10.2 Å². The fourth-order valence-corrected chi connectivity index (χ4v) is 7.80. The summed E-state index contributed by atoms with van der Waals surface area (Å²) in [6.45, 7) is 8.87. The van der Waals surface area contributed by atoms with E-state index in [1.165, 1.54) is 38.5 Å². The van der Waals surface area contributed by atoms with Gasteiger partial charge in [0.15, 0.2) is 0 Å². The normalized spacial score (nSPS) is 18.8. The van der Waals surface area contributed by atoms with Crippen molar-refractivity contribution in [1.82, 2.24) is 0 Å². The van der Waals surface area contributed by atoms with E-state index in [0.29, 0.717) is 11.5 Å². The molecule has 2 saturated carbocycles. The van der Waals surface area contributed by atoms with Crippen molar-refractivity contribution in [3.63, 3.8) is 0 Å². The molecule has 0 saturated heterocycles. The van der Waals surface area contributed by atoms with E-state index in [2.05, 4.69) is 64.1 Å². The number of aryl methyl sites for hydroxylation is 2. The topological polar surface area (TPSA) is 53.6 Å². The zero-order valence-electron chi connectivity index (χ0n) is 24.6. The molecule has 3 heteroatoms. The SMILES string of the molecule is Cc1cc(C(c2cc3ccccc3o2)c2cc(C)cc(C3(C)CCCCC3)c2O)c(O)c(C2(C)CCCCC2)c1. The van der Waals surface area contributed by atoms with Crippen LogP contribution in [0.2, 0.25) is 0 Å². The molecule has 0 unspecified atom stereocenters. The molecule has 2 aliphatic carbocycles. The van der Waals surface area contributed by atoms with E-state index in [1.807, 2.05) is 18.2 Å². The molecule has 2 N–H and O–H groups in total. The molecule has 0 atom stereocenters. The van der Waals surface area contributed by atoms with Gasteiger partial charge in [-0.3, -0.25) is 0 Å². The number of fused-ring (bicyclic) bond motifs is 1. The van der Waals surface area contributed by atoms with Crippen LogP contribution in [0.1, 0.15) is 123 Å². The predicted octanol–water partition coefficient (Wildman–Crippen LogP) is 10.1. The summed E-state index contributed by atoms with van der Waals surface area (Å²) < 4.78 is 6.53. The Hall–Kier alpha value is -3.20. The molecule has 3 aromatic carbocycles. The van der Waals surface area contributed by atoms with Gasteiger partial charge in [-0.1, -0.05) is 106 Å². The molecule has 2 fully saturated rings. The largest absolute Gasteiger partial charge is 0.507 e. The van der Waals surface area contributed by atoms with Crippen LogP contribution in [0.15, 0.2) is 59.0 Å². The van der Waals surface area contributed by atoms with E-state index in [4.69, 9.17) is 4.42 Å². The van der Waals surface area contributed by atoms with E-state index >= 15 is 0 Å². The van der Waals surface area contributed by atoms with Crippen molar-refractivity contribution in [2.45, 2.75) is 109 Å². The molecule has 0 radical (unpaired) electrons. The third kappa shape index (κ3) is 4.72. The molecule has 0 amide bonds. The van der Waals surface area contributed by atoms with Crippen LogP contribution in [0.3, 0.4) is 0 Å². The van der Waals surface area contributed by atoms with E-state index < -0.39 is 5.92 Å². The van der Waals surface area contributed by atoms with E-state index in [9.17, 15) is 10.2 Å². The summed E-state index contributed by atoms with van der Waals surface area (Å²) in [7, 11) is 0. The van der Waals surface area contributed by atoms with Gasteiger partial charge in [-0.2, -0.15) is 0 Å². The highest BCUT2D eigenvalue weighted by molar-refractivity contribution is 5.78. The summed E-state index contributed by atoms with van der Waals surface area (Å²) in [5.41, 5.74) is 6.67. The molecule has 210 valence electrons. The van der Waals surface area contributed by atoms with Crippen LogP contribution in [0.25, 0.3) is 11.0 Å². The zero-order chi connectivity index (χ0) is 28.1. The maximum Gasteiger partial charge on any atom is 0.134 e. The second kappa shape index (κ2) is 10.3. The molecule has 40 heavy (non-hydrogen) atoms. The molecule has 1 heterocycles. The monoisotopic (exact) mass is 536 g/mol. The lowest BCUT2D eigenvalue weighted by atomic mass is 9.68. The Morgan fingerprint density at radius 1 is 0.650 bits per heavy atom. The first-order chi connectivity index (χ1) is 19.2. The number of phenolic OH excluding ortho intramolecular Hbond substituents is 2. The highest BCUT2D eigenvalue weighted by Crippen LogP contribution is 2.51. The molecular weight excluding hydrogens is 492 g/mol. The number of furan rings is 1. The number of hydrogen-bond donors (Lipinski definition) is 2. The van der Waals surface area contributed by atoms with Crippen LogP contribution in [0.5, 0.6) is 11.5 Å². The third-order valence-corrected chi connectivity index (χ3v) is 10.1. The maximum absolute atomic E-state index is 12.1. The number of rotatable bonds is 5. The van der Waals surface area contributed by atoms with Crippen molar-refractivity contribution in [2.24, 2.45) is 0 Å². The van der Waals surface area contributed by atoms with Gasteiger partial charge in [-0.25, -0.2) is 0 Å². The molecule has 2 aliphatic rings. The number of aromatic hydroxyl groups is 2. The summed E-state index contributed by atoms with van der Waals surface area (Å²) in [6, 6.07) is 18.7. The highest BCUT2D eigenvalue weighted by atomic mass is 16.3. The average molecular weight is 537 g/mol. The minimum Gasteiger partial charge on any atom is -0.507 e. The fourth-order valence-electron chi connectivity index (χ4n) is 7.80. The Morgan fingerprint density at radius 2 is 1.12 bits per heavy atom. The zero-order valence-corrected chi connectivity index (χ0v) is 24.6. The van der Waals surface area contributed by atoms with Gasteiger partial charge in [0.05, 0.1) is 5.92 Å². The number of benzene rings is 3. The average Bonchev–Trinajstić information content (AvgIpc) is 3.36. The number of para-hydroxylation sites is 1. The lowest BCUT2D eigenvalue weighted by Crippen LogP contribution is -2.26. The highest BCUT2D eigenvalue weighted by Gasteiger charge is 2.37. The Labute approximate surface area is 239 Å². The first-order valence-corrected chi connectivity index (χ1v) is 15.3. The molecule has 6 rings (SSSR count). The van der Waals surface area contributed by atoms with Crippen molar-refractivity contribution >= 4 is 11.0 Å². The second-order valence-corrected chi connectivity index (χ2v) is 13.4. The van der Waals surface area contributed by atoms with Crippen molar-refractivity contribution in [1.29, 1.82) is 0 Å². The second-order valence-electron chi connectivity index (χ2n) is 13.4. The summed E-state index contributed by atoms with van der Waals surface area (Å²) in [6.07, 6.45) is 11.6. The van der Waals surface area contributed by atoms with Crippen LogP contribution >= 0.6 is 0 Å². The Bertz CT molecular complexity index is 1420. The molecular formula is C37H44O3. The van der Waals surface area contributed by atoms with Crippen LogP contribution in [0, 0.1) is 13.8 Å². The molecule has 0 aliphatic heterocycles. The van der Waals surface area contributed by atoms with Crippen molar-refractivity contribution in [3.8, 4) is 11.5 Å². The molecule has 3 nitrogen and oxygen atoms in total. The number of hydrogen-bond acceptors (Lipinski definition) is 3. The lowest BCUT2D eigenvalue weighted by Gasteiger charge is -2.37. The van der Waals surface area contributed by atoms with Gasteiger partial charge in [-0.15, -0.1) is 0 Å². The van der Waals surface area contributed by atoms with Gasteiger partial charge in [0.2, 0.25) is 0 Å². The van der Waals surface area contributed by atoms with Crippen LogP contribution in [0.4, 0.5) is 0 Å². The van der Waals surface area contributed by atoms with Gasteiger partial charge < -0.3 is 14.6 Å². The Kier molecular flexibility index (Phi) is 6.97. The minimum atomic E-state index is -0.427. The van der Waals surface area contributed by atoms with Gasteiger partial charge in [-0.05, 0) is 62.5 Å². The van der Waals surface area contributed by atoms with E-state index in [1.54, 1.807) is 0 Å². The van der Waals surface area contributed by atoms with Gasteiger partial charge in [0, 0.05) is 27.6 Å². The summed E-state index contributed by atoms with van der Waals surface area (Å²) in [5, 5.41) is 25.2. The number of phenols is 2. The van der Waals surface area contributed by atoms with Crippen LogP contribution < -0.4 is 0 Å². The van der Waals surface area contributed by atoms with Crippen molar-refractivity contribution in [3.05, 3.63) is 93.7 Å². The smallest absolute Gasteiger partial charge is 0.134 e. The third-order valence-electron chi connectivity index (χ3n) is 10.1. The van der Waals surface area contributed by atoms with Gasteiger partial charge in [0.1, 0.15) is 22.8 Å². The van der Waals surface area contributed by atoms with Crippen molar-refractivity contribution < 1.29 is 14.6 Å². The first kappa shape index (κ1) is 27.0. The molecule has 4 aromatic rings. The first-order valence-electron chi connectivity index (χ1n) is 15.3. The van der Waals surface area contributed by atoms with E-state index in [-0.39, 0.29) is 10.8 Å². The van der Waals surface area contributed by atoms with Crippen LogP contribution in [-0.2, 0) is 10.8 Å². The Morgan fingerprint density at radius 3 is 1.60 bits per heavy atom. The summed E-state index contributed by atoms with van der Waals surface area (Å²) >= 11 is 0. The molecule has 0 spiro atoms. The van der Waals surface area contributed by atoms with E-state index in [0.717, 1.165) is 75.8 Å². The minimum absolute atomic E-state index is 0.0586. The quantitative estimate of drug-likeness (QED) is 0.267. The molecule has 1 aromatic heterocycles. The molecule has 0 bridgehead atoms. The van der Waals surface area contributed by atoms with Crippen molar-refractivity contribution in [2.75, 3.05) is 0 Å². The standard InChI is InChI=1S/C37H44O3/c1-24-19-27(34(38)29(21-24)36(3)15-9-5-10-16-36)33(32-23-26-13-7-8-14-31(26)40-32)28-20-25(2)22-30(35(28)39)37(4)17-11-6-12-18-37/h7-8,13-14,19-23,33,38-39H,5-6,9-12,15-18H2,1-4H3. The maximum atomic E-state index is 12.1. The van der Waals surface area contributed by atoms with Gasteiger partial charge in [0.25, 0.3) is 0 Å². The summed E-state index contributed by atoms with van der Waals surface area (Å²) in [4.78, 5) is 0. The Balaban J connectivity index is 1.60. The fraction of sp³-hybridized carbons (Fsp3) is 0.459.